The number of rotatable bonds is 4. The molecule has 0 bridgehead atoms. The summed E-state index contributed by atoms with van der Waals surface area (Å²) in [4.78, 5) is 17.6. The van der Waals surface area contributed by atoms with E-state index in [1.54, 1.807) is 0 Å². The number of aryl methyl sites for hydroxylation is 1. The first-order chi connectivity index (χ1) is 15.2. The maximum Gasteiger partial charge on any atom is 0.272 e. The van der Waals surface area contributed by atoms with E-state index in [2.05, 4.69) is 42.9 Å². The lowest BCUT2D eigenvalue weighted by Gasteiger charge is -2.40. The molecule has 4 rings (SSSR count). The van der Waals surface area contributed by atoms with Crippen molar-refractivity contribution in [3.63, 3.8) is 0 Å². The zero-order chi connectivity index (χ0) is 22.9. The van der Waals surface area contributed by atoms with E-state index >= 15 is 0 Å². The van der Waals surface area contributed by atoms with Crippen LogP contribution in [0.1, 0.15) is 54.1 Å². The molecule has 1 amide bonds. The quantitative estimate of drug-likeness (QED) is 0.601. The highest BCUT2D eigenvalue weighted by atomic mass is 19.1. The van der Waals surface area contributed by atoms with Gasteiger partial charge in [-0.25, -0.2) is 4.39 Å². The van der Waals surface area contributed by atoms with Crippen LogP contribution in [0.2, 0.25) is 0 Å². The van der Waals surface area contributed by atoms with E-state index in [-0.39, 0.29) is 23.3 Å². The lowest BCUT2D eigenvalue weighted by atomic mass is 9.96. The van der Waals surface area contributed by atoms with Gasteiger partial charge in [-0.05, 0) is 57.0 Å². The molecule has 6 heteroatoms. The van der Waals surface area contributed by atoms with Gasteiger partial charge in [0.2, 0.25) is 0 Å². The second kappa shape index (κ2) is 8.87. The fourth-order valence-electron chi connectivity index (χ4n) is 4.40. The molecular weight excluding hydrogens is 403 g/mol. The van der Waals surface area contributed by atoms with Crippen LogP contribution in [0.15, 0.2) is 60.7 Å². The molecule has 0 N–H and O–H groups in total. The fraction of sp³-hybridized carbons (Fsp3) is 0.385. The zero-order valence-electron chi connectivity index (χ0n) is 19.3. The summed E-state index contributed by atoms with van der Waals surface area (Å²) in [7, 11) is 0. The van der Waals surface area contributed by atoms with Crippen LogP contribution >= 0.6 is 0 Å². The van der Waals surface area contributed by atoms with Gasteiger partial charge in [-0.1, -0.05) is 42.5 Å². The molecule has 0 saturated carbocycles. The van der Waals surface area contributed by atoms with Gasteiger partial charge in [0.05, 0.1) is 17.3 Å². The number of carbonyl (C=O) groups is 1. The number of hydrogen-bond donors (Lipinski definition) is 0. The summed E-state index contributed by atoms with van der Waals surface area (Å²) in [5, 5.41) is 4.56. The summed E-state index contributed by atoms with van der Waals surface area (Å²) in [6.45, 7) is 10.8. The first-order valence-electron chi connectivity index (χ1n) is 11.1. The Morgan fingerprint density at radius 3 is 2.12 bits per heavy atom. The first kappa shape index (κ1) is 22.2. The maximum absolute atomic E-state index is 13.5. The number of benzene rings is 2. The lowest BCUT2D eigenvalue weighted by molar-refractivity contribution is 0.0578. The zero-order valence-corrected chi connectivity index (χ0v) is 19.3. The third-order valence-electron chi connectivity index (χ3n) is 5.95. The second-order valence-electron chi connectivity index (χ2n) is 9.45. The van der Waals surface area contributed by atoms with Crippen LogP contribution in [-0.2, 0) is 5.54 Å². The minimum Gasteiger partial charge on any atom is -0.335 e. The highest BCUT2D eigenvalue weighted by Crippen LogP contribution is 2.30. The Morgan fingerprint density at radius 2 is 1.53 bits per heavy atom. The molecule has 1 atom stereocenters. The van der Waals surface area contributed by atoms with E-state index in [1.165, 1.54) is 17.7 Å². The minimum absolute atomic E-state index is 0.0244. The molecule has 1 aliphatic heterocycles. The molecule has 0 unspecified atom stereocenters. The first-order valence-corrected chi connectivity index (χ1v) is 11.1. The topological polar surface area (TPSA) is 41.4 Å². The molecule has 168 valence electrons. The van der Waals surface area contributed by atoms with E-state index in [0.29, 0.717) is 18.8 Å². The van der Waals surface area contributed by atoms with E-state index in [0.717, 1.165) is 24.3 Å². The van der Waals surface area contributed by atoms with E-state index in [1.807, 2.05) is 52.9 Å². The van der Waals surface area contributed by atoms with E-state index in [4.69, 9.17) is 0 Å². The number of hydrogen-bond acceptors (Lipinski definition) is 3. The highest BCUT2D eigenvalue weighted by Gasteiger charge is 2.31. The van der Waals surface area contributed by atoms with Crippen molar-refractivity contribution in [1.82, 2.24) is 19.6 Å². The van der Waals surface area contributed by atoms with Crippen LogP contribution in [0.3, 0.4) is 0 Å². The predicted molar refractivity (Wildman–Crippen MR) is 124 cm³/mol. The molecule has 0 radical (unpaired) electrons. The number of aromatic nitrogens is 2. The van der Waals surface area contributed by atoms with Crippen molar-refractivity contribution in [2.24, 2.45) is 0 Å². The van der Waals surface area contributed by atoms with Gasteiger partial charge in [-0.15, -0.1) is 0 Å². The average molecular weight is 435 g/mol. The Balaban J connectivity index is 1.54. The standard InChI is InChI=1S/C26H31FN4O/c1-19-18-23(31(28-19)26(2,3)4)25(32)30-16-14-29(15-17-30)24(20-8-6-5-7-9-20)21-10-12-22(27)13-11-21/h5-13,18,24H,14-17H2,1-4H3/t24-/m1/s1. The van der Waals surface area contributed by atoms with Crippen molar-refractivity contribution < 1.29 is 9.18 Å². The monoisotopic (exact) mass is 434 g/mol. The molecule has 2 heterocycles. The molecule has 0 aliphatic carbocycles. The largest absolute Gasteiger partial charge is 0.335 e. The van der Waals surface area contributed by atoms with Crippen LogP contribution in [0.4, 0.5) is 4.39 Å². The molecule has 3 aromatic rings. The van der Waals surface area contributed by atoms with Crippen molar-refractivity contribution in [2.45, 2.75) is 39.3 Å². The third kappa shape index (κ3) is 4.60. The molecule has 0 spiro atoms. The minimum atomic E-state index is -0.262. The van der Waals surface area contributed by atoms with Crippen LogP contribution in [-0.4, -0.2) is 51.7 Å². The van der Waals surface area contributed by atoms with Crippen molar-refractivity contribution >= 4 is 5.91 Å². The highest BCUT2D eigenvalue weighted by molar-refractivity contribution is 5.93. The van der Waals surface area contributed by atoms with Crippen molar-refractivity contribution in [3.8, 4) is 0 Å². The van der Waals surface area contributed by atoms with Crippen LogP contribution in [0.5, 0.6) is 0 Å². The van der Waals surface area contributed by atoms with Crippen LogP contribution in [0.25, 0.3) is 0 Å². The lowest BCUT2D eigenvalue weighted by Crippen LogP contribution is -2.50. The average Bonchev–Trinajstić information content (AvgIpc) is 3.18. The maximum atomic E-state index is 13.5. The van der Waals surface area contributed by atoms with Gasteiger partial charge in [-0.3, -0.25) is 14.4 Å². The van der Waals surface area contributed by atoms with Crippen molar-refractivity contribution in [3.05, 3.63) is 89.0 Å². The third-order valence-corrected chi connectivity index (χ3v) is 5.95. The van der Waals surface area contributed by atoms with Crippen LogP contribution < -0.4 is 0 Å². The molecule has 1 aromatic heterocycles. The van der Waals surface area contributed by atoms with E-state index < -0.39 is 0 Å². The molecule has 1 fully saturated rings. The Labute approximate surface area is 189 Å². The number of halogens is 1. The Bertz CT molecular complexity index is 1060. The number of carbonyl (C=O) groups excluding carboxylic acids is 1. The normalized spacial score (nSPS) is 16.2. The smallest absolute Gasteiger partial charge is 0.272 e. The van der Waals surface area contributed by atoms with Gasteiger partial charge < -0.3 is 4.90 Å². The molecule has 1 aliphatic rings. The Hall–Kier alpha value is -2.99. The molecule has 2 aromatic carbocycles. The Kier molecular flexibility index (Phi) is 6.15. The van der Waals surface area contributed by atoms with Crippen LogP contribution in [0, 0.1) is 12.7 Å². The molecule has 32 heavy (non-hydrogen) atoms. The summed E-state index contributed by atoms with van der Waals surface area (Å²) < 4.78 is 15.4. The van der Waals surface area contributed by atoms with Gasteiger partial charge in [0.25, 0.3) is 5.91 Å². The molecule has 5 nitrogen and oxygen atoms in total. The summed E-state index contributed by atoms with van der Waals surface area (Å²) in [5.74, 6) is -0.208. The number of piperazine rings is 1. The summed E-state index contributed by atoms with van der Waals surface area (Å²) >= 11 is 0. The Morgan fingerprint density at radius 1 is 0.938 bits per heavy atom. The number of amides is 1. The van der Waals surface area contributed by atoms with Gasteiger partial charge in [0.15, 0.2) is 0 Å². The number of nitrogens with zero attached hydrogens (tertiary/aromatic N) is 4. The second-order valence-corrected chi connectivity index (χ2v) is 9.45. The molecular formula is C26H31FN4O. The fourth-order valence-corrected chi connectivity index (χ4v) is 4.40. The van der Waals surface area contributed by atoms with Gasteiger partial charge >= 0.3 is 0 Å². The van der Waals surface area contributed by atoms with Crippen molar-refractivity contribution in [1.29, 1.82) is 0 Å². The predicted octanol–water partition coefficient (Wildman–Crippen LogP) is 4.63. The van der Waals surface area contributed by atoms with Crippen molar-refractivity contribution in [2.75, 3.05) is 26.2 Å². The summed E-state index contributed by atoms with van der Waals surface area (Å²) in [5.41, 5.74) is 3.45. The van der Waals surface area contributed by atoms with Gasteiger partial charge in [0.1, 0.15) is 11.5 Å². The summed E-state index contributed by atoms with van der Waals surface area (Å²) in [6, 6.07) is 18.9. The van der Waals surface area contributed by atoms with E-state index in [9.17, 15) is 9.18 Å². The SMILES string of the molecule is Cc1cc(C(=O)N2CCN([C@H](c3ccccc3)c3ccc(F)cc3)CC2)n(C(C)(C)C)n1. The van der Waals surface area contributed by atoms with Gasteiger partial charge in [0, 0.05) is 26.2 Å². The molecule has 1 saturated heterocycles. The van der Waals surface area contributed by atoms with Gasteiger partial charge in [-0.2, -0.15) is 5.10 Å². The summed E-state index contributed by atoms with van der Waals surface area (Å²) in [6.07, 6.45) is 0.